The fraction of sp³-hybridized carbons (Fsp3) is 0.286. The molecule has 7 nitrogen and oxygen atoms in total. The molecule has 0 bridgehead atoms. The van der Waals surface area contributed by atoms with Gasteiger partial charge >= 0.3 is 0 Å². The van der Waals surface area contributed by atoms with Crippen LogP contribution in [0.15, 0.2) is 70.4 Å². The van der Waals surface area contributed by atoms with Gasteiger partial charge in [-0.2, -0.15) is 15.1 Å². The largest absolute Gasteiger partial charge is 0.492 e. The van der Waals surface area contributed by atoms with Crippen LogP contribution in [0.4, 0.5) is 0 Å². The number of amidine groups is 2. The Kier molecular flexibility index (Phi) is 6.78. The van der Waals surface area contributed by atoms with Gasteiger partial charge in [-0.25, -0.2) is 0 Å². The number of ether oxygens (including phenoxy) is 1. The van der Waals surface area contributed by atoms with Gasteiger partial charge < -0.3 is 9.30 Å². The molecule has 3 heterocycles. The first-order chi connectivity index (χ1) is 17.5. The maximum absolute atomic E-state index is 12.8. The number of benzene rings is 2. The van der Waals surface area contributed by atoms with Crippen molar-refractivity contribution in [3.05, 3.63) is 71.4 Å². The van der Waals surface area contributed by atoms with Gasteiger partial charge in [-0.15, -0.1) is 0 Å². The summed E-state index contributed by atoms with van der Waals surface area (Å²) in [6.45, 7) is 7.58. The normalized spacial score (nSPS) is 17.4. The molecule has 0 aliphatic carbocycles. The molecule has 0 saturated heterocycles. The zero-order chi connectivity index (χ0) is 25.2. The van der Waals surface area contributed by atoms with Gasteiger partial charge in [0.1, 0.15) is 17.4 Å². The SMILES string of the molecule is CCC1=NN2C(=N)/C(=C\c3cn(CCOc4ccc([C@H](C)CC)cc4)c4ccccc34)C(=O)N=C2S1. The molecule has 1 aromatic heterocycles. The number of fused-ring (bicyclic) bond motifs is 2. The quantitative estimate of drug-likeness (QED) is 0.371. The molecule has 2 aliphatic rings. The van der Waals surface area contributed by atoms with Crippen molar-refractivity contribution < 1.29 is 9.53 Å². The molecule has 2 aromatic carbocycles. The van der Waals surface area contributed by atoms with Crippen LogP contribution < -0.4 is 4.74 Å². The second-order valence-electron chi connectivity index (χ2n) is 8.89. The molecule has 3 aromatic rings. The van der Waals surface area contributed by atoms with E-state index in [1.807, 2.05) is 43.5 Å². The van der Waals surface area contributed by atoms with Crippen LogP contribution in [0.1, 0.15) is 50.7 Å². The molecule has 8 heteroatoms. The number of aromatic nitrogens is 1. The zero-order valence-electron chi connectivity index (χ0n) is 20.7. The Morgan fingerprint density at radius 2 is 1.92 bits per heavy atom. The zero-order valence-corrected chi connectivity index (χ0v) is 21.5. The number of hydrogen-bond donors (Lipinski definition) is 1. The molecule has 2 aliphatic heterocycles. The number of carbonyl (C=O) groups is 1. The minimum atomic E-state index is -0.410. The summed E-state index contributed by atoms with van der Waals surface area (Å²) in [6, 6.07) is 16.4. The number of hydrazone groups is 1. The lowest BCUT2D eigenvalue weighted by molar-refractivity contribution is -0.114. The van der Waals surface area contributed by atoms with Crippen molar-refractivity contribution in [2.24, 2.45) is 10.1 Å². The van der Waals surface area contributed by atoms with Crippen LogP contribution in [-0.2, 0) is 11.3 Å². The lowest BCUT2D eigenvalue weighted by atomic mass is 9.99. The summed E-state index contributed by atoms with van der Waals surface area (Å²) in [4.78, 5) is 17.0. The number of hydrogen-bond acceptors (Lipinski definition) is 5. The Morgan fingerprint density at radius 3 is 2.67 bits per heavy atom. The average Bonchev–Trinajstić information content (AvgIpc) is 3.48. The van der Waals surface area contributed by atoms with E-state index in [0.717, 1.165) is 40.1 Å². The maximum atomic E-state index is 12.8. The van der Waals surface area contributed by atoms with Crippen LogP contribution in [-0.4, -0.2) is 38.1 Å². The van der Waals surface area contributed by atoms with E-state index in [4.69, 9.17) is 10.1 Å². The van der Waals surface area contributed by atoms with Crippen molar-refractivity contribution in [2.75, 3.05) is 6.61 Å². The summed E-state index contributed by atoms with van der Waals surface area (Å²) in [5.41, 5.74) is 3.47. The highest BCUT2D eigenvalue weighted by Crippen LogP contribution is 2.31. The maximum Gasteiger partial charge on any atom is 0.283 e. The van der Waals surface area contributed by atoms with Crippen LogP contribution in [0.25, 0.3) is 17.0 Å². The Hall–Kier alpha value is -3.65. The number of carbonyl (C=O) groups excluding carboxylic acids is 1. The molecule has 0 unspecified atom stereocenters. The van der Waals surface area contributed by atoms with Crippen LogP contribution in [0.2, 0.25) is 0 Å². The van der Waals surface area contributed by atoms with Gasteiger partial charge in [-0.1, -0.05) is 51.1 Å². The minimum absolute atomic E-state index is 0.0574. The minimum Gasteiger partial charge on any atom is -0.492 e. The Morgan fingerprint density at radius 1 is 1.14 bits per heavy atom. The lowest BCUT2D eigenvalue weighted by Gasteiger charge is -2.20. The van der Waals surface area contributed by atoms with Gasteiger partial charge in [0.15, 0.2) is 5.84 Å². The first-order valence-electron chi connectivity index (χ1n) is 12.3. The number of para-hydroxylation sites is 1. The van der Waals surface area contributed by atoms with E-state index in [2.05, 4.69) is 46.7 Å². The van der Waals surface area contributed by atoms with Gasteiger partial charge in [0.25, 0.3) is 5.91 Å². The fourth-order valence-corrected chi connectivity index (χ4v) is 5.12. The van der Waals surface area contributed by atoms with E-state index < -0.39 is 5.91 Å². The topological polar surface area (TPSA) is 83.0 Å². The van der Waals surface area contributed by atoms with Crippen molar-refractivity contribution in [1.82, 2.24) is 9.58 Å². The molecule has 36 heavy (non-hydrogen) atoms. The smallest absolute Gasteiger partial charge is 0.283 e. The summed E-state index contributed by atoms with van der Waals surface area (Å²) < 4.78 is 8.15. The third kappa shape index (κ3) is 4.60. The van der Waals surface area contributed by atoms with Gasteiger partial charge in [0.2, 0.25) is 5.17 Å². The Balaban J connectivity index is 1.36. The van der Waals surface area contributed by atoms with Crippen molar-refractivity contribution >= 4 is 50.7 Å². The number of aliphatic imine (C=N–C) groups is 1. The molecule has 0 radical (unpaired) electrons. The fourth-order valence-electron chi connectivity index (χ4n) is 4.30. The van der Waals surface area contributed by atoms with Crippen LogP contribution in [0.5, 0.6) is 5.75 Å². The summed E-state index contributed by atoms with van der Waals surface area (Å²) in [5.74, 6) is 1.04. The average molecular weight is 500 g/mol. The predicted molar refractivity (Wildman–Crippen MR) is 148 cm³/mol. The standard InChI is InChI=1S/C28H29N5O2S/c1-4-18(3)19-10-12-21(13-11-19)35-15-14-32-17-20(22-8-6-7-9-24(22)32)16-23-26(29)33-28(30-27(23)34)36-25(5-2)31-33/h6-13,16-18,29H,4-5,14-15H2,1-3H3/b23-16+,29-26?/t18-/m1/s1. The van der Waals surface area contributed by atoms with Crippen LogP contribution >= 0.6 is 11.8 Å². The molecular weight excluding hydrogens is 470 g/mol. The van der Waals surface area contributed by atoms with Crippen molar-refractivity contribution in [3.8, 4) is 5.75 Å². The van der Waals surface area contributed by atoms with Crippen LogP contribution in [0, 0.1) is 5.41 Å². The summed E-state index contributed by atoms with van der Waals surface area (Å²) in [7, 11) is 0. The second-order valence-corrected chi connectivity index (χ2v) is 9.93. The van der Waals surface area contributed by atoms with Crippen molar-refractivity contribution in [3.63, 3.8) is 0 Å². The molecule has 1 amide bonds. The number of nitrogens with zero attached hydrogens (tertiary/aromatic N) is 4. The number of amides is 1. The third-order valence-electron chi connectivity index (χ3n) is 6.58. The Bertz CT molecular complexity index is 1420. The monoisotopic (exact) mass is 499 g/mol. The molecule has 184 valence electrons. The molecule has 0 spiro atoms. The predicted octanol–water partition coefficient (Wildman–Crippen LogP) is 6.26. The second kappa shape index (κ2) is 10.1. The van der Waals surface area contributed by atoms with Gasteiger partial charge in [-0.05, 0) is 60.4 Å². The van der Waals surface area contributed by atoms with Crippen molar-refractivity contribution in [1.29, 1.82) is 5.41 Å². The number of rotatable bonds is 8. The molecule has 0 fully saturated rings. The summed E-state index contributed by atoms with van der Waals surface area (Å²) >= 11 is 1.35. The van der Waals surface area contributed by atoms with E-state index in [9.17, 15) is 4.79 Å². The first kappa shape index (κ1) is 24.1. The molecular formula is C28H29N5O2S. The summed E-state index contributed by atoms with van der Waals surface area (Å²) in [5, 5.41) is 16.8. The molecule has 1 atom stereocenters. The van der Waals surface area contributed by atoms with E-state index in [-0.39, 0.29) is 11.4 Å². The number of nitrogens with one attached hydrogen (secondary N) is 1. The first-order valence-corrected chi connectivity index (χ1v) is 13.1. The third-order valence-corrected chi connectivity index (χ3v) is 7.63. The van der Waals surface area contributed by atoms with Crippen LogP contribution in [0.3, 0.4) is 0 Å². The lowest BCUT2D eigenvalue weighted by Crippen LogP contribution is -2.35. The Labute approximate surface area is 215 Å². The molecule has 1 N–H and O–H groups in total. The van der Waals surface area contributed by atoms with E-state index in [1.54, 1.807) is 6.08 Å². The summed E-state index contributed by atoms with van der Waals surface area (Å²) in [6.07, 6.45) is 5.61. The molecule has 5 rings (SSSR count). The molecule has 0 saturated carbocycles. The number of thioether (sulfide) groups is 1. The van der Waals surface area contributed by atoms with Gasteiger partial charge in [0.05, 0.1) is 12.1 Å². The van der Waals surface area contributed by atoms with Gasteiger partial charge in [-0.3, -0.25) is 10.2 Å². The highest BCUT2D eigenvalue weighted by Gasteiger charge is 2.35. The van der Waals surface area contributed by atoms with E-state index >= 15 is 0 Å². The highest BCUT2D eigenvalue weighted by atomic mass is 32.2. The van der Waals surface area contributed by atoms with E-state index in [1.165, 1.54) is 22.3 Å². The van der Waals surface area contributed by atoms with E-state index in [0.29, 0.717) is 24.2 Å². The van der Waals surface area contributed by atoms with Gasteiger partial charge in [0, 0.05) is 22.7 Å². The van der Waals surface area contributed by atoms with Crippen molar-refractivity contribution in [2.45, 2.75) is 46.1 Å². The highest BCUT2D eigenvalue weighted by molar-refractivity contribution is 8.26.